The lowest BCUT2D eigenvalue weighted by molar-refractivity contribution is -0.150. The van der Waals surface area contributed by atoms with Crippen LogP contribution in [0.3, 0.4) is 0 Å². The van der Waals surface area contributed by atoms with Crippen LogP contribution >= 0.6 is 23.2 Å². The first kappa shape index (κ1) is 30.9. The normalized spacial score (nSPS) is 17.2. The number of pyridine rings is 1. The van der Waals surface area contributed by atoms with Crippen molar-refractivity contribution in [1.29, 1.82) is 0 Å². The van der Waals surface area contributed by atoms with Crippen LogP contribution in [-0.4, -0.2) is 28.7 Å². The molecule has 0 saturated heterocycles. The van der Waals surface area contributed by atoms with Crippen molar-refractivity contribution in [2.45, 2.75) is 45.2 Å². The molecule has 1 unspecified atom stereocenters. The average Bonchev–Trinajstić information content (AvgIpc) is 3.51. The van der Waals surface area contributed by atoms with E-state index in [4.69, 9.17) is 32.7 Å². The number of esters is 1. The van der Waals surface area contributed by atoms with Crippen molar-refractivity contribution in [2.75, 3.05) is 6.61 Å². The van der Waals surface area contributed by atoms with Crippen molar-refractivity contribution in [3.8, 4) is 11.5 Å². The highest BCUT2D eigenvalue weighted by molar-refractivity contribution is 6.35. The average molecular weight is 643 g/mol. The number of aromatic nitrogens is 2. The SMILES string of the molecule is C[C@H]1CC1COc1cc([C@H](Cc2c(Cl)cncc2Cl)OC(=O)Cn2ccc3ccc(C(F)(F)F)cc32)ccc1OC(F)F. The molecule has 0 N–H and O–H groups in total. The van der Waals surface area contributed by atoms with Gasteiger partial charge in [0.05, 0.1) is 22.2 Å². The molecule has 4 aromatic rings. The highest BCUT2D eigenvalue weighted by Crippen LogP contribution is 2.41. The molecule has 1 aliphatic rings. The number of hydrogen-bond acceptors (Lipinski definition) is 5. The molecule has 1 fully saturated rings. The lowest BCUT2D eigenvalue weighted by atomic mass is 10.0. The zero-order valence-electron chi connectivity index (χ0n) is 22.6. The van der Waals surface area contributed by atoms with Gasteiger partial charge >= 0.3 is 18.8 Å². The standard InChI is InChI=1S/C30H25Cl2F5N2O4/c1-16-8-19(16)15-41-27-9-18(3-5-25(27)43-29(33)34)26(11-21-22(31)12-38-13-23(21)32)42-28(40)14-39-7-6-17-2-4-20(10-24(17)39)30(35,36)37/h2-7,9-10,12-13,16,19,26,29H,8,11,14-15H2,1H3/t16-,19?,26-/m0/s1. The summed E-state index contributed by atoms with van der Waals surface area (Å²) in [5.41, 5.74) is 0.128. The van der Waals surface area contributed by atoms with Gasteiger partial charge < -0.3 is 18.8 Å². The first-order valence-electron chi connectivity index (χ1n) is 13.2. The molecule has 2 aromatic heterocycles. The molecule has 0 bridgehead atoms. The summed E-state index contributed by atoms with van der Waals surface area (Å²) in [6.07, 6.45) is -0.449. The van der Waals surface area contributed by atoms with Gasteiger partial charge in [0, 0.05) is 30.5 Å². The van der Waals surface area contributed by atoms with Gasteiger partial charge in [-0.15, -0.1) is 0 Å². The summed E-state index contributed by atoms with van der Waals surface area (Å²) < 4.78 is 83.8. The van der Waals surface area contributed by atoms with Gasteiger partial charge in [-0.3, -0.25) is 9.78 Å². The lowest BCUT2D eigenvalue weighted by Crippen LogP contribution is -2.19. The number of carbonyl (C=O) groups excluding carboxylic acids is 1. The molecule has 2 heterocycles. The number of rotatable bonds is 11. The van der Waals surface area contributed by atoms with E-state index in [1.807, 2.05) is 0 Å². The van der Waals surface area contributed by atoms with E-state index in [1.165, 1.54) is 47.4 Å². The molecule has 1 aliphatic carbocycles. The molecule has 0 aliphatic heterocycles. The smallest absolute Gasteiger partial charge is 0.416 e. The van der Waals surface area contributed by atoms with Crippen molar-refractivity contribution >= 4 is 40.1 Å². The molecule has 0 spiro atoms. The predicted octanol–water partition coefficient (Wildman–Crippen LogP) is 8.53. The Kier molecular flexibility index (Phi) is 9.03. The zero-order chi connectivity index (χ0) is 30.9. The number of fused-ring (bicyclic) bond motifs is 1. The maximum absolute atomic E-state index is 13.3. The van der Waals surface area contributed by atoms with Gasteiger partial charge in [-0.05, 0) is 65.1 Å². The summed E-state index contributed by atoms with van der Waals surface area (Å²) in [7, 11) is 0. The summed E-state index contributed by atoms with van der Waals surface area (Å²) >= 11 is 12.7. The summed E-state index contributed by atoms with van der Waals surface area (Å²) in [6, 6.07) is 9.03. The van der Waals surface area contributed by atoms with E-state index >= 15 is 0 Å². The zero-order valence-corrected chi connectivity index (χ0v) is 24.1. The van der Waals surface area contributed by atoms with Gasteiger partial charge in [0.25, 0.3) is 0 Å². The van der Waals surface area contributed by atoms with Crippen molar-refractivity contribution in [3.63, 3.8) is 0 Å². The Balaban J connectivity index is 1.45. The monoisotopic (exact) mass is 642 g/mol. The molecule has 13 heteroatoms. The molecule has 43 heavy (non-hydrogen) atoms. The Labute approximate surface area is 253 Å². The van der Waals surface area contributed by atoms with Crippen LogP contribution in [-0.2, 0) is 28.7 Å². The maximum Gasteiger partial charge on any atom is 0.416 e. The molecular formula is C30H25Cl2F5N2O4. The Bertz CT molecular complexity index is 1610. The summed E-state index contributed by atoms with van der Waals surface area (Å²) in [5, 5.41) is 0.928. The lowest BCUT2D eigenvalue weighted by Gasteiger charge is -2.22. The van der Waals surface area contributed by atoms with E-state index < -0.39 is 37.0 Å². The van der Waals surface area contributed by atoms with Crippen molar-refractivity contribution in [2.24, 2.45) is 11.8 Å². The Morgan fingerprint density at radius 2 is 1.79 bits per heavy atom. The minimum atomic E-state index is -4.56. The Morgan fingerprint density at radius 3 is 2.44 bits per heavy atom. The number of hydrogen-bond donors (Lipinski definition) is 0. The second-order valence-corrected chi connectivity index (χ2v) is 11.2. The topological polar surface area (TPSA) is 62.6 Å². The summed E-state index contributed by atoms with van der Waals surface area (Å²) in [4.78, 5) is 17.2. The van der Waals surface area contributed by atoms with E-state index in [9.17, 15) is 26.7 Å². The van der Waals surface area contributed by atoms with Gasteiger partial charge in [0.15, 0.2) is 11.5 Å². The molecule has 0 amide bonds. The van der Waals surface area contributed by atoms with Crippen LogP contribution in [0.15, 0.2) is 61.1 Å². The molecule has 5 rings (SSSR count). The van der Waals surface area contributed by atoms with E-state index in [-0.39, 0.29) is 46.0 Å². The van der Waals surface area contributed by atoms with Gasteiger partial charge in [-0.25, -0.2) is 0 Å². The molecule has 228 valence electrons. The molecule has 0 radical (unpaired) electrons. The fourth-order valence-corrected chi connectivity index (χ4v) is 5.26. The van der Waals surface area contributed by atoms with Crippen LogP contribution in [0, 0.1) is 11.8 Å². The Hall–Kier alpha value is -3.57. The second kappa shape index (κ2) is 12.6. The van der Waals surface area contributed by atoms with E-state index in [0.717, 1.165) is 18.6 Å². The number of halogens is 7. The molecule has 3 atom stereocenters. The second-order valence-electron chi connectivity index (χ2n) is 10.3. The van der Waals surface area contributed by atoms with Crippen molar-refractivity contribution < 1.29 is 41.0 Å². The van der Waals surface area contributed by atoms with Crippen LogP contribution < -0.4 is 9.47 Å². The third kappa shape index (κ3) is 7.51. The number of nitrogens with zero attached hydrogens (tertiary/aromatic N) is 2. The number of carbonyl (C=O) groups is 1. The van der Waals surface area contributed by atoms with Crippen LogP contribution in [0.2, 0.25) is 10.0 Å². The fraction of sp³-hybridized carbons (Fsp3) is 0.333. The van der Waals surface area contributed by atoms with E-state index in [1.54, 1.807) is 6.07 Å². The minimum absolute atomic E-state index is 0.0231. The number of benzene rings is 2. The molecule has 2 aromatic carbocycles. The predicted molar refractivity (Wildman–Crippen MR) is 150 cm³/mol. The largest absolute Gasteiger partial charge is 0.489 e. The number of alkyl halides is 5. The van der Waals surface area contributed by atoms with Gasteiger partial charge in [0.1, 0.15) is 12.6 Å². The summed E-state index contributed by atoms with van der Waals surface area (Å²) in [5.74, 6) is -0.189. The molecule has 6 nitrogen and oxygen atoms in total. The molecular weight excluding hydrogens is 618 g/mol. The minimum Gasteiger partial charge on any atom is -0.489 e. The third-order valence-corrected chi connectivity index (χ3v) is 7.95. The fourth-order valence-electron chi connectivity index (χ4n) is 4.74. The highest BCUT2D eigenvalue weighted by Gasteiger charge is 2.34. The first-order chi connectivity index (χ1) is 20.4. The number of ether oxygens (including phenoxy) is 3. The maximum atomic E-state index is 13.3. The van der Waals surface area contributed by atoms with Crippen molar-refractivity contribution in [3.05, 3.63) is 87.8 Å². The van der Waals surface area contributed by atoms with E-state index in [2.05, 4.69) is 16.6 Å². The van der Waals surface area contributed by atoms with Gasteiger partial charge in [-0.1, -0.05) is 42.3 Å². The Morgan fingerprint density at radius 1 is 1.07 bits per heavy atom. The van der Waals surface area contributed by atoms with Crippen LogP contribution in [0.25, 0.3) is 10.9 Å². The van der Waals surface area contributed by atoms with Crippen LogP contribution in [0.1, 0.15) is 36.1 Å². The first-order valence-corrected chi connectivity index (χ1v) is 14.0. The third-order valence-electron chi connectivity index (χ3n) is 7.30. The van der Waals surface area contributed by atoms with Crippen LogP contribution in [0.5, 0.6) is 11.5 Å². The quantitative estimate of drug-likeness (QED) is 0.121. The summed E-state index contributed by atoms with van der Waals surface area (Å²) in [6.45, 7) is -1.16. The molecule has 1 saturated carbocycles. The van der Waals surface area contributed by atoms with Gasteiger partial charge in [0.2, 0.25) is 0 Å². The van der Waals surface area contributed by atoms with E-state index in [0.29, 0.717) is 22.4 Å². The van der Waals surface area contributed by atoms with Crippen LogP contribution in [0.4, 0.5) is 22.0 Å². The van der Waals surface area contributed by atoms with Crippen molar-refractivity contribution in [1.82, 2.24) is 9.55 Å². The van der Waals surface area contributed by atoms with Gasteiger partial charge in [-0.2, -0.15) is 22.0 Å². The highest BCUT2D eigenvalue weighted by atomic mass is 35.5.